The largest absolute Gasteiger partial charge is 0.496 e. The number of nitrogens with zero attached hydrogens (tertiary/aromatic N) is 3. The van der Waals surface area contributed by atoms with Gasteiger partial charge in [-0.3, -0.25) is 0 Å². The van der Waals surface area contributed by atoms with Crippen molar-refractivity contribution in [2.24, 2.45) is 21.0 Å². The summed E-state index contributed by atoms with van der Waals surface area (Å²) < 4.78 is 10.4. The topological polar surface area (TPSA) is 93.6 Å². The van der Waals surface area contributed by atoms with Crippen LogP contribution < -0.4 is 20.6 Å². The molecule has 0 saturated heterocycles. The molecule has 0 saturated carbocycles. The highest BCUT2D eigenvalue weighted by Crippen LogP contribution is 2.21. The first-order valence-corrected chi connectivity index (χ1v) is 8.11. The number of halogens is 2. The molecule has 2 aromatic carbocycles. The molecule has 2 aromatic rings. The van der Waals surface area contributed by atoms with E-state index in [-0.39, 0.29) is 5.96 Å². The van der Waals surface area contributed by atoms with Crippen LogP contribution in [0.2, 0.25) is 10.0 Å². The van der Waals surface area contributed by atoms with Crippen LogP contribution in [0.1, 0.15) is 11.1 Å². The third-order valence-electron chi connectivity index (χ3n) is 3.13. The van der Waals surface area contributed by atoms with Gasteiger partial charge in [-0.15, -0.1) is 5.10 Å². The van der Waals surface area contributed by atoms with E-state index in [0.29, 0.717) is 32.7 Å². The van der Waals surface area contributed by atoms with Gasteiger partial charge >= 0.3 is 0 Å². The summed E-state index contributed by atoms with van der Waals surface area (Å²) >= 11 is 11.9. The number of hydrazone groups is 1. The number of guanidine groups is 1. The van der Waals surface area contributed by atoms with Crippen LogP contribution in [0.15, 0.2) is 51.7 Å². The minimum Gasteiger partial charge on any atom is -0.496 e. The molecule has 0 atom stereocenters. The van der Waals surface area contributed by atoms with Gasteiger partial charge in [-0.25, -0.2) is 5.43 Å². The van der Waals surface area contributed by atoms with Crippen molar-refractivity contribution in [2.75, 3.05) is 14.2 Å². The Morgan fingerprint density at radius 2 is 1.50 bits per heavy atom. The highest BCUT2D eigenvalue weighted by Gasteiger charge is 2.02. The normalized spacial score (nSPS) is 11.9. The molecular formula is C17H17Cl2N5O2. The van der Waals surface area contributed by atoms with Crippen LogP contribution in [-0.2, 0) is 0 Å². The van der Waals surface area contributed by atoms with E-state index in [1.54, 1.807) is 50.6 Å². The Morgan fingerprint density at radius 1 is 0.962 bits per heavy atom. The molecule has 0 radical (unpaired) electrons. The SMILES string of the molecule is COc1ccc(Cl)cc1/C=N/N=C(N)N/N=C/c1cc(Cl)ccc1OC. The van der Waals surface area contributed by atoms with Gasteiger partial charge in [0.25, 0.3) is 0 Å². The number of methoxy groups -OCH3 is 2. The van der Waals surface area contributed by atoms with Crippen molar-refractivity contribution in [1.82, 2.24) is 5.43 Å². The quantitative estimate of drug-likeness (QED) is 0.447. The number of hydrogen-bond donors (Lipinski definition) is 2. The molecule has 0 fully saturated rings. The van der Waals surface area contributed by atoms with Crippen LogP contribution in [0.3, 0.4) is 0 Å². The zero-order valence-electron chi connectivity index (χ0n) is 14.1. The van der Waals surface area contributed by atoms with Crippen LogP contribution in [0.25, 0.3) is 0 Å². The third-order valence-corrected chi connectivity index (χ3v) is 3.60. The smallest absolute Gasteiger partial charge is 0.234 e. The Hall–Kier alpha value is -2.77. The highest BCUT2D eigenvalue weighted by atomic mass is 35.5. The summed E-state index contributed by atoms with van der Waals surface area (Å²) in [5.41, 5.74) is 9.61. The molecule has 0 unspecified atom stereocenters. The van der Waals surface area contributed by atoms with Crippen molar-refractivity contribution in [2.45, 2.75) is 0 Å². The van der Waals surface area contributed by atoms with Gasteiger partial charge in [0.2, 0.25) is 5.96 Å². The van der Waals surface area contributed by atoms with E-state index in [9.17, 15) is 0 Å². The van der Waals surface area contributed by atoms with Crippen LogP contribution in [0.4, 0.5) is 0 Å². The average Bonchev–Trinajstić information content (AvgIpc) is 2.62. The Bertz CT molecular complexity index is 853. The number of hydrogen-bond acceptors (Lipinski definition) is 5. The summed E-state index contributed by atoms with van der Waals surface area (Å²) in [5, 5.41) is 12.8. The molecule has 7 nitrogen and oxygen atoms in total. The molecular weight excluding hydrogens is 377 g/mol. The van der Waals surface area contributed by atoms with Gasteiger partial charge in [-0.05, 0) is 36.4 Å². The number of nitrogens with one attached hydrogen (secondary N) is 1. The minimum absolute atomic E-state index is 0.000472. The van der Waals surface area contributed by atoms with Crippen LogP contribution in [0, 0.1) is 0 Å². The highest BCUT2D eigenvalue weighted by molar-refractivity contribution is 6.31. The summed E-state index contributed by atoms with van der Waals surface area (Å²) in [5.74, 6) is 1.24. The second-order valence-electron chi connectivity index (χ2n) is 4.87. The second-order valence-corrected chi connectivity index (χ2v) is 5.75. The minimum atomic E-state index is -0.000472. The predicted octanol–water partition coefficient (Wildman–Crippen LogP) is 3.28. The zero-order valence-corrected chi connectivity index (χ0v) is 15.6. The lowest BCUT2D eigenvalue weighted by atomic mass is 10.2. The van der Waals surface area contributed by atoms with Crippen molar-refractivity contribution in [3.8, 4) is 11.5 Å². The van der Waals surface area contributed by atoms with E-state index in [0.717, 1.165) is 0 Å². The zero-order chi connectivity index (χ0) is 18.9. The van der Waals surface area contributed by atoms with E-state index >= 15 is 0 Å². The van der Waals surface area contributed by atoms with Crippen molar-refractivity contribution in [1.29, 1.82) is 0 Å². The molecule has 26 heavy (non-hydrogen) atoms. The van der Waals surface area contributed by atoms with E-state index in [4.69, 9.17) is 38.4 Å². The third kappa shape index (κ3) is 5.65. The lowest BCUT2D eigenvalue weighted by Gasteiger charge is -2.04. The molecule has 0 spiro atoms. The summed E-state index contributed by atoms with van der Waals surface area (Å²) in [6.45, 7) is 0. The Kier molecular flexibility index (Phi) is 7.25. The van der Waals surface area contributed by atoms with Crippen molar-refractivity contribution in [3.05, 3.63) is 57.6 Å². The van der Waals surface area contributed by atoms with Gasteiger partial charge in [0.1, 0.15) is 11.5 Å². The lowest BCUT2D eigenvalue weighted by Crippen LogP contribution is -2.26. The first-order valence-electron chi connectivity index (χ1n) is 7.36. The number of benzene rings is 2. The molecule has 0 aromatic heterocycles. The summed E-state index contributed by atoms with van der Waals surface area (Å²) in [4.78, 5) is 0. The van der Waals surface area contributed by atoms with E-state index in [1.165, 1.54) is 12.4 Å². The fourth-order valence-electron chi connectivity index (χ4n) is 1.96. The van der Waals surface area contributed by atoms with Gasteiger partial charge in [0.05, 0.1) is 26.6 Å². The number of nitrogens with two attached hydrogens (primary N) is 1. The molecule has 0 heterocycles. The fraction of sp³-hybridized carbons (Fsp3) is 0.118. The van der Waals surface area contributed by atoms with Gasteiger partial charge in [0, 0.05) is 21.2 Å². The summed E-state index contributed by atoms with van der Waals surface area (Å²) in [7, 11) is 3.11. The van der Waals surface area contributed by atoms with E-state index in [1.807, 2.05) is 0 Å². The Labute approximate surface area is 161 Å². The molecule has 3 N–H and O–H groups in total. The maximum absolute atomic E-state index is 5.95. The summed E-state index contributed by atoms with van der Waals surface area (Å²) in [6, 6.07) is 10.3. The molecule has 0 bridgehead atoms. The Balaban J connectivity index is 2.03. The number of rotatable bonds is 6. The molecule has 136 valence electrons. The summed E-state index contributed by atoms with van der Waals surface area (Å²) in [6.07, 6.45) is 2.99. The number of ether oxygens (including phenoxy) is 2. The monoisotopic (exact) mass is 393 g/mol. The van der Waals surface area contributed by atoms with Crippen LogP contribution >= 0.6 is 23.2 Å². The lowest BCUT2D eigenvalue weighted by molar-refractivity contribution is 0.414. The molecule has 0 aliphatic carbocycles. The van der Waals surface area contributed by atoms with E-state index in [2.05, 4.69) is 20.7 Å². The van der Waals surface area contributed by atoms with Crippen LogP contribution in [-0.4, -0.2) is 32.6 Å². The second kappa shape index (κ2) is 9.65. The predicted molar refractivity (Wildman–Crippen MR) is 106 cm³/mol. The molecule has 0 aliphatic rings. The van der Waals surface area contributed by atoms with Crippen molar-refractivity contribution >= 4 is 41.6 Å². The van der Waals surface area contributed by atoms with Crippen LogP contribution in [0.5, 0.6) is 11.5 Å². The maximum atomic E-state index is 5.95. The molecule has 9 heteroatoms. The first-order chi connectivity index (χ1) is 12.5. The van der Waals surface area contributed by atoms with Gasteiger partial charge < -0.3 is 15.2 Å². The van der Waals surface area contributed by atoms with Crippen molar-refractivity contribution < 1.29 is 9.47 Å². The molecule has 0 amide bonds. The van der Waals surface area contributed by atoms with E-state index < -0.39 is 0 Å². The molecule has 2 rings (SSSR count). The van der Waals surface area contributed by atoms with Gasteiger partial charge in [-0.1, -0.05) is 23.2 Å². The Morgan fingerprint density at radius 3 is 2.04 bits per heavy atom. The molecule has 0 aliphatic heterocycles. The van der Waals surface area contributed by atoms with Gasteiger partial charge in [-0.2, -0.15) is 10.2 Å². The standard InChI is InChI=1S/C17H17Cl2N5O2/c1-25-15-5-3-13(18)7-11(15)9-21-23-17(20)24-22-10-12-8-14(19)4-6-16(12)26-2/h3-10H,1-2H3,(H3,20,23,24)/b21-9+,22-10+. The maximum Gasteiger partial charge on any atom is 0.234 e. The average molecular weight is 394 g/mol. The first kappa shape index (κ1) is 19.6. The van der Waals surface area contributed by atoms with Crippen molar-refractivity contribution in [3.63, 3.8) is 0 Å². The van der Waals surface area contributed by atoms with Gasteiger partial charge in [0.15, 0.2) is 0 Å². The fourth-order valence-corrected chi connectivity index (χ4v) is 2.32.